The highest BCUT2D eigenvalue weighted by molar-refractivity contribution is 9.10. The summed E-state index contributed by atoms with van der Waals surface area (Å²) in [5, 5.41) is 12.6. The number of rotatable bonds is 3. The molecule has 0 bridgehead atoms. The second kappa shape index (κ2) is 5.85. The summed E-state index contributed by atoms with van der Waals surface area (Å²) in [5.41, 5.74) is 0. The van der Waals surface area contributed by atoms with Crippen molar-refractivity contribution in [2.45, 2.75) is 56.5 Å². The van der Waals surface area contributed by atoms with Gasteiger partial charge in [0.25, 0.3) is 0 Å². The number of alkyl halides is 1. The minimum atomic E-state index is -0.366. The summed E-state index contributed by atoms with van der Waals surface area (Å²) in [4.78, 5) is 11.6. The molecular formula is C11H20BrNO2. The molecule has 1 aliphatic carbocycles. The molecule has 0 aromatic carbocycles. The van der Waals surface area contributed by atoms with Crippen LogP contribution < -0.4 is 5.32 Å². The molecule has 15 heavy (non-hydrogen) atoms. The number of hydrogen-bond acceptors (Lipinski definition) is 2. The number of carbonyl (C=O) groups excluding carboxylic acids is 1. The van der Waals surface area contributed by atoms with Crippen molar-refractivity contribution in [2.24, 2.45) is 5.92 Å². The molecule has 1 amide bonds. The lowest BCUT2D eigenvalue weighted by Crippen LogP contribution is -2.48. The van der Waals surface area contributed by atoms with E-state index in [4.69, 9.17) is 0 Å². The minimum absolute atomic E-state index is 0.00375. The van der Waals surface area contributed by atoms with Gasteiger partial charge >= 0.3 is 0 Å². The van der Waals surface area contributed by atoms with Gasteiger partial charge in [-0.3, -0.25) is 4.79 Å². The van der Waals surface area contributed by atoms with E-state index in [2.05, 4.69) is 21.2 Å². The summed E-state index contributed by atoms with van der Waals surface area (Å²) < 4.78 is 0. The molecule has 3 unspecified atom stereocenters. The molecule has 1 aliphatic rings. The van der Waals surface area contributed by atoms with Crippen LogP contribution in [0, 0.1) is 5.92 Å². The van der Waals surface area contributed by atoms with Crippen LogP contribution in [0.4, 0.5) is 0 Å². The number of hydrogen-bond donors (Lipinski definition) is 2. The third kappa shape index (κ3) is 3.76. The predicted octanol–water partition coefficient (Wildman–Crippen LogP) is 1.83. The molecule has 2 N–H and O–H groups in total. The maximum atomic E-state index is 11.7. The predicted molar refractivity (Wildman–Crippen MR) is 64.0 cm³/mol. The van der Waals surface area contributed by atoms with Crippen LogP contribution in [-0.4, -0.2) is 28.0 Å². The van der Waals surface area contributed by atoms with Crippen molar-refractivity contribution in [1.29, 1.82) is 0 Å². The Kier molecular flexibility index (Phi) is 5.06. The normalized spacial score (nSPS) is 28.9. The van der Waals surface area contributed by atoms with Crippen molar-refractivity contribution in [3.8, 4) is 0 Å². The molecule has 0 aromatic heterocycles. The van der Waals surface area contributed by atoms with Crippen LogP contribution in [0.15, 0.2) is 0 Å². The van der Waals surface area contributed by atoms with E-state index in [-0.39, 0.29) is 28.8 Å². The van der Waals surface area contributed by atoms with E-state index < -0.39 is 0 Å². The Bertz CT molecular complexity index is 221. The molecule has 0 aromatic rings. The topological polar surface area (TPSA) is 49.3 Å². The fourth-order valence-electron chi connectivity index (χ4n) is 1.84. The van der Waals surface area contributed by atoms with Gasteiger partial charge in [-0.25, -0.2) is 0 Å². The van der Waals surface area contributed by atoms with Crippen molar-refractivity contribution in [3.63, 3.8) is 0 Å². The van der Waals surface area contributed by atoms with E-state index in [1.165, 1.54) is 0 Å². The van der Waals surface area contributed by atoms with Crippen LogP contribution in [0.1, 0.15) is 39.5 Å². The van der Waals surface area contributed by atoms with Crippen molar-refractivity contribution in [2.75, 3.05) is 0 Å². The quantitative estimate of drug-likeness (QED) is 0.774. The van der Waals surface area contributed by atoms with Crippen LogP contribution in [0.5, 0.6) is 0 Å². The third-order valence-corrected chi connectivity index (χ3v) is 4.37. The zero-order valence-electron chi connectivity index (χ0n) is 9.37. The standard InChI is InChI=1S/C11H20BrNO2/c1-7(2)10(12)11(15)13-8-5-3-4-6-9(8)14/h7-10,14H,3-6H2,1-2H3,(H,13,15). The Morgan fingerprint density at radius 2 is 2.00 bits per heavy atom. The van der Waals surface area contributed by atoms with Crippen molar-refractivity contribution < 1.29 is 9.90 Å². The average molecular weight is 278 g/mol. The monoisotopic (exact) mass is 277 g/mol. The Labute approximate surface area is 99.8 Å². The Morgan fingerprint density at radius 1 is 1.40 bits per heavy atom. The van der Waals surface area contributed by atoms with Gasteiger partial charge < -0.3 is 10.4 Å². The molecule has 0 radical (unpaired) electrons. The molecule has 1 rings (SSSR count). The second-order valence-electron chi connectivity index (χ2n) is 4.61. The van der Waals surface area contributed by atoms with Crippen LogP contribution in [0.25, 0.3) is 0 Å². The Balaban J connectivity index is 2.42. The molecule has 0 aliphatic heterocycles. The highest BCUT2D eigenvalue weighted by Crippen LogP contribution is 2.19. The van der Waals surface area contributed by atoms with Gasteiger partial charge in [0.1, 0.15) is 0 Å². The number of carbonyl (C=O) groups is 1. The maximum absolute atomic E-state index is 11.7. The third-order valence-electron chi connectivity index (χ3n) is 2.89. The summed E-state index contributed by atoms with van der Waals surface area (Å²) in [5.74, 6) is 0.265. The van der Waals surface area contributed by atoms with Crippen LogP contribution in [-0.2, 0) is 4.79 Å². The van der Waals surface area contributed by atoms with Gasteiger partial charge in [0.2, 0.25) is 5.91 Å². The van der Waals surface area contributed by atoms with E-state index >= 15 is 0 Å². The van der Waals surface area contributed by atoms with Crippen molar-refractivity contribution in [3.05, 3.63) is 0 Å². The fourth-order valence-corrected chi connectivity index (χ4v) is 1.98. The van der Waals surface area contributed by atoms with E-state index in [1.807, 2.05) is 13.8 Å². The minimum Gasteiger partial charge on any atom is -0.391 e. The molecule has 1 saturated carbocycles. The molecule has 4 heteroatoms. The average Bonchev–Trinajstić information content (AvgIpc) is 2.20. The summed E-state index contributed by atoms with van der Waals surface area (Å²) in [6.07, 6.45) is 3.49. The smallest absolute Gasteiger partial charge is 0.234 e. The molecule has 3 nitrogen and oxygen atoms in total. The molecule has 0 spiro atoms. The summed E-state index contributed by atoms with van der Waals surface area (Å²) >= 11 is 3.36. The lowest BCUT2D eigenvalue weighted by atomic mass is 9.92. The SMILES string of the molecule is CC(C)C(Br)C(=O)NC1CCCCC1O. The Hall–Kier alpha value is -0.0900. The first-order chi connectivity index (χ1) is 7.02. The number of amides is 1. The highest BCUT2D eigenvalue weighted by atomic mass is 79.9. The zero-order chi connectivity index (χ0) is 11.4. The van der Waals surface area contributed by atoms with Gasteiger partial charge in [0.15, 0.2) is 0 Å². The lowest BCUT2D eigenvalue weighted by molar-refractivity contribution is -0.123. The van der Waals surface area contributed by atoms with Crippen LogP contribution in [0.2, 0.25) is 0 Å². The highest BCUT2D eigenvalue weighted by Gasteiger charge is 2.27. The number of aliphatic hydroxyl groups is 1. The first-order valence-electron chi connectivity index (χ1n) is 5.65. The largest absolute Gasteiger partial charge is 0.391 e. The lowest BCUT2D eigenvalue weighted by Gasteiger charge is -2.29. The van der Waals surface area contributed by atoms with Gasteiger partial charge in [-0.15, -0.1) is 0 Å². The van der Waals surface area contributed by atoms with E-state index in [0.29, 0.717) is 0 Å². The number of halogens is 1. The van der Waals surface area contributed by atoms with Gasteiger partial charge in [0, 0.05) is 0 Å². The van der Waals surface area contributed by atoms with Crippen LogP contribution >= 0.6 is 15.9 Å². The van der Waals surface area contributed by atoms with Gasteiger partial charge in [-0.2, -0.15) is 0 Å². The fraction of sp³-hybridized carbons (Fsp3) is 0.909. The number of aliphatic hydroxyl groups excluding tert-OH is 1. The Morgan fingerprint density at radius 3 is 2.53 bits per heavy atom. The van der Waals surface area contributed by atoms with E-state index in [9.17, 15) is 9.90 Å². The zero-order valence-corrected chi connectivity index (χ0v) is 11.0. The first kappa shape index (κ1) is 13.0. The van der Waals surface area contributed by atoms with E-state index in [0.717, 1.165) is 25.7 Å². The van der Waals surface area contributed by atoms with Crippen LogP contribution in [0.3, 0.4) is 0 Å². The molecule has 88 valence electrons. The molecule has 1 fully saturated rings. The summed E-state index contributed by atoms with van der Waals surface area (Å²) in [6, 6.07) is -0.0509. The van der Waals surface area contributed by atoms with Crippen molar-refractivity contribution >= 4 is 21.8 Å². The molecule has 0 heterocycles. The molecular weight excluding hydrogens is 258 g/mol. The maximum Gasteiger partial charge on any atom is 0.234 e. The number of nitrogens with one attached hydrogen (secondary N) is 1. The van der Waals surface area contributed by atoms with Crippen molar-refractivity contribution in [1.82, 2.24) is 5.32 Å². The van der Waals surface area contributed by atoms with Gasteiger partial charge in [0.05, 0.1) is 17.0 Å². The summed E-state index contributed by atoms with van der Waals surface area (Å²) in [6.45, 7) is 3.99. The summed E-state index contributed by atoms with van der Waals surface area (Å²) in [7, 11) is 0. The molecule has 0 saturated heterocycles. The first-order valence-corrected chi connectivity index (χ1v) is 6.56. The molecule has 3 atom stereocenters. The van der Waals surface area contributed by atoms with Gasteiger partial charge in [-0.1, -0.05) is 42.6 Å². The van der Waals surface area contributed by atoms with E-state index in [1.54, 1.807) is 0 Å². The van der Waals surface area contributed by atoms with Gasteiger partial charge in [-0.05, 0) is 18.8 Å². The second-order valence-corrected chi connectivity index (χ2v) is 5.60.